The normalized spacial score (nSPS) is 12.5. The van der Waals surface area contributed by atoms with Gasteiger partial charge < -0.3 is 10.4 Å². The number of Topliss-reactive ketones (excluding diaryl/α,β-unsaturated/α-hetero) is 1. The Bertz CT molecular complexity index is 361. The Morgan fingerprint density at radius 3 is 2.60 bits per heavy atom. The number of aliphatic hydroxyl groups excluding tert-OH is 1. The Hall–Kier alpha value is -1.19. The number of nitrogens with one attached hydrogen (secondary N) is 1. The minimum atomic E-state index is -0.961. The minimum absolute atomic E-state index is 0.229. The zero-order valence-corrected chi connectivity index (χ0v) is 9.37. The predicted octanol–water partition coefficient (Wildman–Crippen LogP) is 1.07. The van der Waals surface area contributed by atoms with Crippen molar-refractivity contribution >= 4 is 5.78 Å². The van der Waals surface area contributed by atoms with Crippen molar-refractivity contribution in [2.24, 2.45) is 0 Å². The number of aliphatic hydroxyl groups is 1. The van der Waals surface area contributed by atoms with Gasteiger partial charge >= 0.3 is 0 Å². The lowest BCUT2D eigenvalue weighted by Gasteiger charge is -2.10. The quantitative estimate of drug-likeness (QED) is 0.726. The number of carbonyl (C=O) groups excluding carboxylic acids is 1. The van der Waals surface area contributed by atoms with Gasteiger partial charge in [0.2, 0.25) is 0 Å². The van der Waals surface area contributed by atoms with Crippen LogP contribution in [0.25, 0.3) is 0 Å². The molecule has 1 unspecified atom stereocenters. The van der Waals surface area contributed by atoms with Crippen LogP contribution in [0.2, 0.25) is 0 Å². The average molecular weight is 207 g/mol. The maximum absolute atomic E-state index is 11.7. The zero-order valence-electron chi connectivity index (χ0n) is 9.37. The number of carbonyl (C=O) groups is 1. The Labute approximate surface area is 90.1 Å². The van der Waals surface area contributed by atoms with Crippen LogP contribution >= 0.6 is 0 Å². The van der Waals surface area contributed by atoms with E-state index in [2.05, 4.69) is 5.32 Å². The second-order valence-corrected chi connectivity index (χ2v) is 3.74. The van der Waals surface area contributed by atoms with Crippen LogP contribution in [0.1, 0.15) is 21.5 Å². The largest absolute Gasteiger partial charge is 0.384 e. The lowest BCUT2D eigenvalue weighted by Crippen LogP contribution is -2.31. The maximum atomic E-state index is 11.7. The summed E-state index contributed by atoms with van der Waals surface area (Å²) < 4.78 is 0. The standard InChI is InChI=1S/C12H17NO2/c1-8-4-5-10(6-9(8)2)12(15)11(14)7-13-3/h4-6,11,13-14H,7H2,1-3H3. The lowest BCUT2D eigenvalue weighted by atomic mass is 10.0. The van der Waals surface area contributed by atoms with Gasteiger partial charge in [-0.05, 0) is 38.1 Å². The molecule has 0 aliphatic heterocycles. The molecule has 0 aromatic heterocycles. The minimum Gasteiger partial charge on any atom is -0.384 e. The van der Waals surface area contributed by atoms with Gasteiger partial charge in [-0.25, -0.2) is 0 Å². The fourth-order valence-corrected chi connectivity index (χ4v) is 1.37. The van der Waals surface area contributed by atoms with Gasteiger partial charge in [0.15, 0.2) is 5.78 Å². The highest BCUT2D eigenvalue weighted by molar-refractivity contribution is 5.99. The first-order chi connectivity index (χ1) is 7.06. The van der Waals surface area contributed by atoms with Crippen molar-refractivity contribution in [3.05, 3.63) is 34.9 Å². The smallest absolute Gasteiger partial charge is 0.192 e. The van der Waals surface area contributed by atoms with Crippen molar-refractivity contribution in [1.29, 1.82) is 0 Å². The maximum Gasteiger partial charge on any atom is 0.192 e. The van der Waals surface area contributed by atoms with Crippen LogP contribution in [0.4, 0.5) is 0 Å². The van der Waals surface area contributed by atoms with E-state index in [0.717, 1.165) is 11.1 Å². The van der Waals surface area contributed by atoms with Crippen molar-refractivity contribution in [1.82, 2.24) is 5.32 Å². The van der Waals surface area contributed by atoms with E-state index in [1.54, 1.807) is 13.1 Å². The zero-order chi connectivity index (χ0) is 11.4. The van der Waals surface area contributed by atoms with E-state index < -0.39 is 6.10 Å². The van der Waals surface area contributed by atoms with Gasteiger partial charge in [-0.15, -0.1) is 0 Å². The van der Waals surface area contributed by atoms with E-state index in [-0.39, 0.29) is 12.3 Å². The molecule has 2 N–H and O–H groups in total. The van der Waals surface area contributed by atoms with Crippen molar-refractivity contribution < 1.29 is 9.90 Å². The molecule has 15 heavy (non-hydrogen) atoms. The van der Waals surface area contributed by atoms with Crippen LogP contribution in [0.3, 0.4) is 0 Å². The van der Waals surface area contributed by atoms with Crippen LogP contribution in [-0.2, 0) is 0 Å². The fourth-order valence-electron chi connectivity index (χ4n) is 1.37. The molecule has 3 heteroatoms. The van der Waals surface area contributed by atoms with Crippen molar-refractivity contribution in [3.8, 4) is 0 Å². The Balaban J connectivity index is 2.87. The first-order valence-corrected chi connectivity index (χ1v) is 5.00. The molecule has 0 heterocycles. The second-order valence-electron chi connectivity index (χ2n) is 3.74. The molecule has 82 valence electrons. The molecule has 1 aromatic rings. The molecule has 0 radical (unpaired) electrons. The molecule has 0 saturated carbocycles. The molecule has 0 amide bonds. The Morgan fingerprint density at radius 2 is 2.07 bits per heavy atom. The van der Waals surface area contributed by atoms with Crippen LogP contribution in [0.15, 0.2) is 18.2 Å². The lowest BCUT2D eigenvalue weighted by molar-refractivity contribution is 0.0750. The molecule has 1 atom stereocenters. The highest BCUT2D eigenvalue weighted by Gasteiger charge is 2.16. The molecule has 0 saturated heterocycles. The van der Waals surface area contributed by atoms with Gasteiger partial charge in [-0.1, -0.05) is 12.1 Å². The fraction of sp³-hybridized carbons (Fsp3) is 0.417. The summed E-state index contributed by atoms with van der Waals surface area (Å²) in [5, 5.41) is 12.3. The summed E-state index contributed by atoms with van der Waals surface area (Å²) in [4.78, 5) is 11.7. The van der Waals surface area contributed by atoms with Crippen LogP contribution < -0.4 is 5.32 Å². The third kappa shape index (κ3) is 2.88. The molecular weight excluding hydrogens is 190 g/mol. The molecule has 1 aromatic carbocycles. The van der Waals surface area contributed by atoms with Crippen molar-refractivity contribution in [3.63, 3.8) is 0 Å². The summed E-state index contributed by atoms with van der Waals surface area (Å²) in [7, 11) is 1.71. The topological polar surface area (TPSA) is 49.3 Å². The van der Waals surface area contributed by atoms with E-state index in [9.17, 15) is 9.90 Å². The summed E-state index contributed by atoms with van der Waals surface area (Å²) in [6, 6.07) is 5.47. The summed E-state index contributed by atoms with van der Waals surface area (Å²) in [6.07, 6.45) is -0.961. The van der Waals surface area contributed by atoms with E-state index >= 15 is 0 Å². The van der Waals surface area contributed by atoms with Crippen LogP contribution in [0.5, 0.6) is 0 Å². The molecular formula is C12H17NO2. The van der Waals surface area contributed by atoms with E-state index in [1.807, 2.05) is 26.0 Å². The number of rotatable bonds is 4. The van der Waals surface area contributed by atoms with E-state index in [4.69, 9.17) is 0 Å². The van der Waals surface area contributed by atoms with Crippen LogP contribution in [0, 0.1) is 13.8 Å². The number of benzene rings is 1. The predicted molar refractivity (Wildman–Crippen MR) is 60.2 cm³/mol. The van der Waals surface area contributed by atoms with Gasteiger partial charge in [-0.2, -0.15) is 0 Å². The Morgan fingerprint density at radius 1 is 1.40 bits per heavy atom. The van der Waals surface area contributed by atoms with Crippen molar-refractivity contribution in [2.45, 2.75) is 20.0 Å². The second kappa shape index (κ2) is 5.05. The van der Waals surface area contributed by atoms with Gasteiger partial charge in [0.05, 0.1) is 0 Å². The average Bonchev–Trinajstić information content (AvgIpc) is 2.21. The highest BCUT2D eigenvalue weighted by Crippen LogP contribution is 2.11. The SMILES string of the molecule is CNCC(O)C(=O)c1ccc(C)c(C)c1. The molecule has 0 spiro atoms. The summed E-state index contributed by atoms with van der Waals surface area (Å²) >= 11 is 0. The van der Waals surface area contributed by atoms with Crippen LogP contribution in [-0.4, -0.2) is 30.6 Å². The summed E-state index contributed by atoms with van der Waals surface area (Å²) in [6.45, 7) is 4.23. The number of ketones is 1. The first-order valence-electron chi connectivity index (χ1n) is 5.00. The van der Waals surface area contributed by atoms with E-state index in [1.165, 1.54) is 0 Å². The van der Waals surface area contributed by atoms with Gasteiger partial charge in [-0.3, -0.25) is 4.79 Å². The monoisotopic (exact) mass is 207 g/mol. The third-order valence-electron chi connectivity index (χ3n) is 2.49. The number of hydrogen-bond donors (Lipinski definition) is 2. The van der Waals surface area contributed by atoms with Crippen molar-refractivity contribution in [2.75, 3.05) is 13.6 Å². The molecule has 3 nitrogen and oxygen atoms in total. The summed E-state index contributed by atoms with van der Waals surface area (Å²) in [5.74, 6) is -0.229. The molecule has 0 fully saturated rings. The number of likely N-dealkylation sites (N-methyl/N-ethyl adjacent to an activating group) is 1. The molecule has 0 aliphatic rings. The van der Waals surface area contributed by atoms with Gasteiger partial charge in [0, 0.05) is 12.1 Å². The summed E-state index contributed by atoms with van der Waals surface area (Å²) in [5.41, 5.74) is 2.79. The first kappa shape index (κ1) is 11.9. The van der Waals surface area contributed by atoms with Gasteiger partial charge in [0.25, 0.3) is 0 Å². The molecule has 0 aliphatic carbocycles. The van der Waals surface area contributed by atoms with E-state index in [0.29, 0.717) is 5.56 Å². The van der Waals surface area contributed by atoms with Gasteiger partial charge in [0.1, 0.15) is 6.10 Å². The molecule has 0 bridgehead atoms. The highest BCUT2D eigenvalue weighted by atomic mass is 16.3. The Kier molecular flexibility index (Phi) is 4.00. The number of aryl methyl sites for hydroxylation is 2. The number of hydrogen-bond acceptors (Lipinski definition) is 3. The molecule has 1 rings (SSSR count). The third-order valence-corrected chi connectivity index (χ3v) is 2.49.